The first kappa shape index (κ1) is 26.5. The van der Waals surface area contributed by atoms with Gasteiger partial charge in [-0.1, -0.05) is 51.1 Å². The Hall–Kier alpha value is -4.59. The van der Waals surface area contributed by atoms with E-state index in [-0.39, 0.29) is 17.6 Å². The normalized spacial score (nSPS) is 14.9. The van der Waals surface area contributed by atoms with Crippen LogP contribution in [0.4, 0.5) is 10.5 Å². The van der Waals surface area contributed by atoms with Crippen molar-refractivity contribution in [3.63, 3.8) is 0 Å². The van der Waals surface area contributed by atoms with Gasteiger partial charge in [0.2, 0.25) is 0 Å². The van der Waals surface area contributed by atoms with Gasteiger partial charge in [-0.3, -0.25) is 14.9 Å². The molecule has 0 aliphatic carbocycles. The van der Waals surface area contributed by atoms with Crippen molar-refractivity contribution in [1.82, 2.24) is 5.32 Å². The molecule has 1 aliphatic heterocycles. The van der Waals surface area contributed by atoms with Gasteiger partial charge in [0, 0.05) is 5.56 Å². The van der Waals surface area contributed by atoms with Crippen molar-refractivity contribution in [3.8, 4) is 17.2 Å². The second-order valence-corrected chi connectivity index (χ2v) is 9.67. The molecule has 4 rings (SSSR count). The lowest BCUT2D eigenvalue weighted by Gasteiger charge is -2.26. The Morgan fingerprint density at radius 2 is 1.45 bits per heavy atom. The molecular formula is C30H30N2O6. The van der Waals surface area contributed by atoms with Crippen molar-refractivity contribution in [2.75, 3.05) is 25.2 Å². The highest BCUT2D eigenvalue weighted by molar-refractivity contribution is 6.39. The number of ether oxygens (including phenoxy) is 3. The molecule has 1 N–H and O–H groups in total. The fourth-order valence-electron chi connectivity index (χ4n) is 3.87. The van der Waals surface area contributed by atoms with Gasteiger partial charge >= 0.3 is 6.03 Å². The molecule has 0 spiro atoms. The minimum atomic E-state index is -0.820. The lowest BCUT2D eigenvalue weighted by molar-refractivity contribution is -0.122. The number of para-hydroxylation sites is 1. The number of nitrogens with zero attached hydrogens (tertiary/aromatic N) is 1. The summed E-state index contributed by atoms with van der Waals surface area (Å²) in [7, 11) is 1.52. The SMILES string of the molecule is COc1ccc(N2C(=O)NC(=O)/C(=C/c3ccccc3OCCOc3ccc(C(C)(C)C)cc3)C2=O)cc1. The number of rotatable bonds is 8. The number of carbonyl (C=O) groups is 3. The average Bonchev–Trinajstić information content (AvgIpc) is 2.90. The van der Waals surface area contributed by atoms with E-state index in [0.29, 0.717) is 29.4 Å². The van der Waals surface area contributed by atoms with Crippen LogP contribution in [0.1, 0.15) is 31.9 Å². The van der Waals surface area contributed by atoms with Crippen LogP contribution in [0, 0.1) is 0 Å². The first-order chi connectivity index (χ1) is 18.2. The molecular weight excluding hydrogens is 484 g/mol. The summed E-state index contributed by atoms with van der Waals surface area (Å²) in [6.45, 7) is 7.02. The second-order valence-electron chi connectivity index (χ2n) is 9.67. The van der Waals surface area contributed by atoms with Crippen LogP contribution in [0.15, 0.2) is 78.4 Å². The molecule has 1 fully saturated rings. The third-order valence-corrected chi connectivity index (χ3v) is 5.98. The van der Waals surface area contributed by atoms with Gasteiger partial charge in [0.1, 0.15) is 36.0 Å². The number of nitrogens with one attached hydrogen (secondary N) is 1. The predicted molar refractivity (Wildman–Crippen MR) is 145 cm³/mol. The molecule has 3 aromatic rings. The second kappa shape index (κ2) is 11.2. The van der Waals surface area contributed by atoms with Gasteiger partial charge in [-0.2, -0.15) is 0 Å². The first-order valence-electron chi connectivity index (χ1n) is 12.2. The van der Waals surface area contributed by atoms with Crippen LogP contribution >= 0.6 is 0 Å². The molecule has 0 saturated carbocycles. The summed E-state index contributed by atoms with van der Waals surface area (Å²) in [5.74, 6) is 0.273. The molecule has 1 heterocycles. The topological polar surface area (TPSA) is 94.2 Å². The highest BCUT2D eigenvalue weighted by Gasteiger charge is 2.37. The summed E-state index contributed by atoms with van der Waals surface area (Å²) in [5, 5.41) is 2.23. The molecule has 38 heavy (non-hydrogen) atoms. The number of carbonyl (C=O) groups excluding carboxylic acids is 3. The molecule has 0 unspecified atom stereocenters. The van der Waals surface area contributed by atoms with Gasteiger partial charge in [-0.05, 0) is 59.5 Å². The number of anilines is 1. The van der Waals surface area contributed by atoms with Crippen LogP contribution in [0.2, 0.25) is 0 Å². The minimum absolute atomic E-state index is 0.0649. The van der Waals surface area contributed by atoms with E-state index in [9.17, 15) is 14.4 Å². The lowest BCUT2D eigenvalue weighted by Crippen LogP contribution is -2.54. The predicted octanol–water partition coefficient (Wildman–Crippen LogP) is 5.12. The number of imide groups is 2. The largest absolute Gasteiger partial charge is 0.497 e. The number of hydrogen-bond acceptors (Lipinski definition) is 6. The number of hydrogen-bond donors (Lipinski definition) is 1. The van der Waals surface area contributed by atoms with Crippen molar-refractivity contribution in [2.45, 2.75) is 26.2 Å². The number of urea groups is 1. The maximum atomic E-state index is 13.2. The van der Waals surface area contributed by atoms with Crippen LogP contribution < -0.4 is 24.4 Å². The molecule has 0 bridgehead atoms. The maximum absolute atomic E-state index is 13.2. The monoisotopic (exact) mass is 514 g/mol. The first-order valence-corrected chi connectivity index (χ1v) is 12.2. The smallest absolute Gasteiger partial charge is 0.335 e. The standard InChI is InChI=1S/C30H30N2O6/c1-30(2,3)21-9-13-24(14-10-21)37-17-18-38-26-8-6-5-7-20(26)19-25-27(33)31-29(35)32(28(25)34)22-11-15-23(36-4)16-12-22/h5-16,19H,17-18H2,1-4H3,(H,31,33,35)/b25-19-. The molecule has 0 aromatic heterocycles. The fourth-order valence-corrected chi connectivity index (χ4v) is 3.87. The van der Waals surface area contributed by atoms with E-state index in [1.807, 2.05) is 24.3 Å². The molecule has 1 saturated heterocycles. The molecule has 3 aromatic carbocycles. The van der Waals surface area contributed by atoms with Crippen LogP contribution in [-0.2, 0) is 15.0 Å². The van der Waals surface area contributed by atoms with Gasteiger partial charge in [-0.25, -0.2) is 9.69 Å². The van der Waals surface area contributed by atoms with E-state index in [1.165, 1.54) is 18.7 Å². The van der Waals surface area contributed by atoms with Crippen molar-refractivity contribution in [3.05, 3.63) is 89.5 Å². The van der Waals surface area contributed by atoms with Crippen molar-refractivity contribution in [2.24, 2.45) is 0 Å². The van der Waals surface area contributed by atoms with E-state index >= 15 is 0 Å². The Bertz CT molecular complexity index is 1350. The quantitative estimate of drug-likeness (QED) is 0.255. The van der Waals surface area contributed by atoms with Crippen molar-refractivity contribution >= 4 is 29.6 Å². The zero-order valence-electron chi connectivity index (χ0n) is 21.8. The van der Waals surface area contributed by atoms with Crippen LogP contribution in [-0.4, -0.2) is 38.2 Å². The maximum Gasteiger partial charge on any atom is 0.335 e. The van der Waals surface area contributed by atoms with Crippen LogP contribution in [0.3, 0.4) is 0 Å². The molecule has 4 amide bonds. The number of methoxy groups -OCH3 is 1. The Morgan fingerprint density at radius 1 is 0.816 bits per heavy atom. The van der Waals surface area contributed by atoms with Crippen LogP contribution in [0.5, 0.6) is 17.2 Å². The molecule has 8 nitrogen and oxygen atoms in total. The summed E-state index contributed by atoms with van der Waals surface area (Å²) < 4.78 is 16.8. The summed E-state index contributed by atoms with van der Waals surface area (Å²) >= 11 is 0. The van der Waals surface area contributed by atoms with Gasteiger partial charge in [0.15, 0.2) is 0 Å². The molecule has 196 valence electrons. The van der Waals surface area contributed by atoms with Crippen molar-refractivity contribution < 1.29 is 28.6 Å². The van der Waals surface area contributed by atoms with Gasteiger partial charge in [0.05, 0.1) is 12.8 Å². The third-order valence-electron chi connectivity index (χ3n) is 5.98. The zero-order valence-corrected chi connectivity index (χ0v) is 21.8. The fraction of sp³-hybridized carbons (Fsp3) is 0.233. The van der Waals surface area contributed by atoms with E-state index in [2.05, 4.69) is 26.1 Å². The van der Waals surface area contributed by atoms with Crippen molar-refractivity contribution in [1.29, 1.82) is 0 Å². The van der Waals surface area contributed by atoms with E-state index < -0.39 is 17.8 Å². The average molecular weight is 515 g/mol. The third kappa shape index (κ3) is 6.03. The molecule has 0 radical (unpaired) electrons. The number of benzene rings is 3. The molecule has 0 atom stereocenters. The summed E-state index contributed by atoms with van der Waals surface area (Å²) in [5.41, 5.74) is 1.92. The highest BCUT2D eigenvalue weighted by atomic mass is 16.5. The molecule has 1 aliphatic rings. The van der Waals surface area contributed by atoms with Gasteiger partial charge < -0.3 is 14.2 Å². The summed E-state index contributed by atoms with van der Waals surface area (Å²) in [4.78, 5) is 39.2. The van der Waals surface area contributed by atoms with E-state index in [4.69, 9.17) is 14.2 Å². The lowest BCUT2D eigenvalue weighted by atomic mass is 9.87. The minimum Gasteiger partial charge on any atom is -0.497 e. The Morgan fingerprint density at radius 3 is 2.11 bits per heavy atom. The molecule has 8 heteroatoms. The Balaban J connectivity index is 1.46. The highest BCUT2D eigenvalue weighted by Crippen LogP contribution is 2.27. The van der Waals surface area contributed by atoms with Gasteiger partial charge in [0.25, 0.3) is 11.8 Å². The summed E-state index contributed by atoms with van der Waals surface area (Å²) in [6, 6.07) is 20.5. The van der Waals surface area contributed by atoms with E-state index in [1.54, 1.807) is 48.5 Å². The Labute approximate surface area is 221 Å². The van der Waals surface area contributed by atoms with Gasteiger partial charge in [-0.15, -0.1) is 0 Å². The number of barbiturate groups is 1. The zero-order chi connectivity index (χ0) is 27.3. The van der Waals surface area contributed by atoms with E-state index in [0.717, 1.165) is 10.6 Å². The Kier molecular flexibility index (Phi) is 7.81. The number of amides is 4. The summed E-state index contributed by atoms with van der Waals surface area (Å²) in [6.07, 6.45) is 1.42. The van der Waals surface area contributed by atoms with Crippen LogP contribution in [0.25, 0.3) is 6.08 Å².